The van der Waals surface area contributed by atoms with Crippen LogP contribution >= 0.6 is 0 Å². The van der Waals surface area contributed by atoms with Crippen molar-refractivity contribution in [3.8, 4) is 6.07 Å². The third-order valence-corrected chi connectivity index (χ3v) is 3.86. The van der Waals surface area contributed by atoms with E-state index in [-0.39, 0.29) is 12.3 Å². The molecule has 0 unspecified atom stereocenters. The SMILES string of the molecule is Cn1cnc(CNS(=O)(=O)Cc2ccccc2C#N)n1. The van der Waals surface area contributed by atoms with E-state index >= 15 is 0 Å². The van der Waals surface area contributed by atoms with Gasteiger partial charge in [-0.1, -0.05) is 18.2 Å². The average molecular weight is 291 g/mol. The Morgan fingerprint density at radius 2 is 2.15 bits per heavy atom. The third kappa shape index (κ3) is 3.63. The van der Waals surface area contributed by atoms with Crippen molar-refractivity contribution in [3.63, 3.8) is 0 Å². The van der Waals surface area contributed by atoms with Crippen LogP contribution in [0, 0.1) is 11.3 Å². The number of nitrogens with zero attached hydrogens (tertiary/aromatic N) is 4. The van der Waals surface area contributed by atoms with E-state index in [2.05, 4.69) is 14.8 Å². The van der Waals surface area contributed by atoms with Gasteiger partial charge in [0.2, 0.25) is 10.0 Å². The van der Waals surface area contributed by atoms with E-state index in [0.29, 0.717) is 17.0 Å². The fraction of sp³-hybridized carbons (Fsp3) is 0.250. The van der Waals surface area contributed by atoms with Crippen LogP contribution in [0.1, 0.15) is 17.0 Å². The predicted molar refractivity (Wildman–Crippen MR) is 71.6 cm³/mol. The average Bonchev–Trinajstić information content (AvgIpc) is 2.83. The Kier molecular flexibility index (Phi) is 4.12. The summed E-state index contributed by atoms with van der Waals surface area (Å²) in [6, 6.07) is 8.58. The smallest absolute Gasteiger partial charge is 0.216 e. The Morgan fingerprint density at radius 1 is 1.40 bits per heavy atom. The molecule has 0 aliphatic rings. The maximum Gasteiger partial charge on any atom is 0.216 e. The van der Waals surface area contributed by atoms with Gasteiger partial charge in [-0.15, -0.1) is 0 Å². The highest BCUT2D eigenvalue weighted by molar-refractivity contribution is 7.88. The minimum absolute atomic E-state index is 0.0257. The van der Waals surface area contributed by atoms with E-state index in [1.54, 1.807) is 31.3 Å². The first-order chi connectivity index (χ1) is 9.50. The van der Waals surface area contributed by atoms with E-state index in [1.165, 1.54) is 11.0 Å². The van der Waals surface area contributed by atoms with Gasteiger partial charge < -0.3 is 0 Å². The lowest BCUT2D eigenvalue weighted by Crippen LogP contribution is -2.25. The molecule has 104 valence electrons. The number of nitriles is 1. The van der Waals surface area contributed by atoms with Crippen LogP contribution in [0.4, 0.5) is 0 Å². The molecule has 0 fully saturated rings. The van der Waals surface area contributed by atoms with Crippen molar-refractivity contribution in [1.29, 1.82) is 5.26 Å². The molecule has 0 aliphatic heterocycles. The Morgan fingerprint density at radius 3 is 2.80 bits per heavy atom. The highest BCUT2D eigenvalue weighted by atomic mass is 32.2. The van der Waals surface area contributed by atoms with Gasteiger partial charge in [-0.05, 0) is 11.6 Å². The Labute approximate surface area is 116 Å². The minimum atomic E-state index is -3.55. The quantitative estimate of drug-likeness (QED) is 0.854. The molecule has 7 nitrogen and oxygen atoms in total. The summed E-state index contributed by atoms with van der Waals surface area (Å²) < 4.78 is 27.8. The maximum absolute atomic E-state index is 12.0. The van der Waals surface area contributed by atoms with Gasteiger partial charge in [-0.25, -0.2) is 18.1 Å². The summed E-state index contributed by atoms with van der Waals surface area (Å²) in [4.78, 5) is 3.93. The van der Waals surface area contributed by atoms with Crippen molar-refractivity contribution in [2.24, 2.45) is 7.05 Å². The second-order valence-electron chi connectivity index (χ2n) is 4.18. The second kappa shape index (κ2) is 5.81. The van der Waals surface area contributed by atoms with Gasteiger partial charge in [0.05, 0.1) is 23.9 Å². The number of sulfonamides is 1. The number of benzene rings is 1. The van der Waals surface area contributed by atoms with Crippen LogP contribution in [-0.2, 0) is 29.4 Å². The molecule has 1 heterocycles. The number of rotatable bonds is 5. The molecule has 1 aromatic carbocycles. The molecule has 0 spiro atoms. The van der Waals surface area contributed by atoms with Crippen LogP contribution in [0.5, 0.6) is 0 Å². The van der Waals surface area contributed by atoms with Gasteiger partial charge in [0, 0.05) is 7.05 Å². The number of aromatic nitrogens is 3. The molecule has 0 aliphatic carbocycles. The molecule has 2 aromatic rings. The fourth-order valence-electron chi connectivity index (χ4n) is 1.65. The zero-order valence-corrected chi connectivity index (χ0v) is 11.6. The molecule has 1 aromatic heterocycles. The highest BCUT2D eigenvalue weighted by Gasteiger charge is 2.14. The Bertz CT molecular complexity index is 745. The lowest BCUT2D eigenvalue weighted by atomic mass is 10.1. The fourth-order valence-corrected chi connectivity index (χ4v) is 2.76. The monoisotopic (exact) mass is 291 g/mol. The van der Waals surface area contributed by atoms with Crippen LogP contribution in [-0.4, -0.2) is 23.2 Å². The first kappa shape index (κ1) is 14.2. The molecule has 0 saturated heterocycles. The van der Waals surface area contributed by atoms with Crippen molar-refractivity contribution in [1.82, 2.24) is 19.5 Å². The molecule has 0 atom stereocenters. The highest BCUT2D eigenvalue weighted by Crippen LogP contribution is 2.11. The van der Waals surface area contributed by atoms with Crippen molar-refractivity contribution in [2.45, 2.75) is 12.3 Å². The normalized spacial score (nSPS) is 11.2. The summed E-state index contributed by atoms with van der Waals surface area (Å²) in [6.07, 6.45) is 1.49. The second-order valence-corrected chi connectivity index (χ2v) is 5.99. The van der Waals surface area contributed by atoms with Gasteiger partial charge in [0.25, 0.3) is 0 Å². The Balaban J connectivity index is 2.06. The molecular formula is C12H13N5O2S. The van der Waals surface area contributed by atoms with Crippen LogP contribution in [0.15, 0.2) is 30.6 Å². The minimum Gasteiger partial charge on any atom is -0.256 e. The van der Waals surface area contributed by atoms with E-state index in [0.717, 1.165) is 0 Å². The lowest BCUT2D eigenvalue weighted by Gasteiger charge is -2.06. The first-order valence-electron chi connectivity index (χ1n) is 5.80. The van der Waals surface area contributed by atoms with Crippen LogP contribution in [0.2, 0.25) is 0 Å². The topological polar surface area (TPSA) is 101 Å². The van der Waals surface area contributed by atoms with Crippen LogP contribution in [0.3, 0.4) is 0 Å². The van der Waals surface area contributed by atoms with Gasteiger partial charge >= 0.3 is 0 Å². The summed E-state index contributed by atoms with van der Waals surface area (Å²) in [6.45, 7) is 0.0257. The maximum atomic E-state index is 12.0. The molecule has 0 bridgehead atoms. The van der Waals surface area contributed by atoms with Crippen molar-refractivity contribution in [3.05, 3.63) is 47.5 Å². The molecule has 0 amide bonds. The van der Waals surface area contributed by atoms with Crippen molar-refractivity contribution in [2.75, 3.05) is 0 Å². The lowest BCUT2D eigenvalue weighted by molar-refractivity contribution is 0.577. The molecule has 1 N–H and O–H groups in total. The number of nitrogens with one attached hydrogen (secondary N) is 1. The van der Waals surface area contributed by atoms with Crippen molar-refractivity contribution < 1.29 is 8.42 Å². The molecule has 8 heteroatoms. The standard InChI is InChI=1S/C12H13N5O2S/c1-17-9-14-12(16-17)7-15-20(18,19)8-11-5-3-2-4-10(11)6-13/h2-5,9,15H,7-8H2,1H3. The van der Waals surface area contributed by atoms with Gasteiger partial charge in [0.15, 0.2) is 5.82 Å². The summed E-state index contributed by atoms with van der Waals surface area (Å²) in [5.74, 6) is 0.147. The predicted octanol–water partition coefficient (Wildman–Crippen LogP) is 0.306. The van der Waals surface area contributed by atoms with Gasteiger partial charge in [-0.3, -0.25) is 4.68 Å². The Hall–Kier alpha value is -2.24. The van der Waals surface area contributed by atoms with Gasteiger partial charge in [0.1, 0.15) is 6.33 Å². The first-order valence-corrected chi connectivity index (χ1v) is 7.45. The van der Waals surface area contributed by atoms with Gasteiger partial charge in [-0.2, -0.15) is 10.4 Å². The number of hydrogen-bond acceptors (Lipinski definition) is 5. The zero-order valence-electron chi connectivity index (χ0n) is 10.8. The van der Waals surface area contributed by atoms with Crippen LogP contribution < -0.4 is 4.72 Å². The number of hydrogen-bond donors (Lipinski definition) is 1. The molecule has 0 saturated carbocycles. The van der Waals surface area contributed by atoms with Crippen molar-refractivity contribution >= 4 is 10.0 Å². The third-order valence-electron chi connectivity index (χ3n) is 2.58. The van der Waals surface area contributed by atoms with E-state index < -0.39 is 10.0 Å². The molecule has 0 radical (unpaired) electrons. The molecule has 20 heavy (non-hydrogen) atoms. The van der Waals surface area contributed by atoms with E-state index in [9.17, 15) is 8.42 Å². The molecular weight excluding hydrogens is 278 g/mol. The number of aryl methyl sites for hydroxylation is 1. The molecule has 2 rings (SSSR count). The van der Waals surface area contributed by atoms with E-state index in [4.69, 9.17) is 5.26 Å². The van der Waals surface area contributed by atoms with Crippen LogP contribution in [0.25, 0.3) is 0 Å². The summed E-state index contributed by atoms with van der Waals surface area (Å²) >= 11 is 0. The van der Waals surface area contributed by atoms with E-state index in [1.807, 2.05) is 6.07 Å². The zero-order chi connectivity index (χ0) is 14.6. The largest absolute Gasteiger partial charge is 0.256 e. The summed E-state index contributed by atoms with van der Waals surface area (Å²) in [5.41, 5.74) is 0.824. The summed E-state index contributed by atoms with van der Waals surface area (Å²) in [5, 5.41) is 12.9. The summed E-state index contributed by atoms with van der Waals surface area (Å²) in [7, 11) is -1.84.